The predicted octanol–water partition coefficient (Wildman–Crippen LogP) is 3.73. The van der Waals surface area contributed by atoms with Crippen molar-refractivity contribution < 1.29 is 18.7 Å². The molecule has 3 rings (SSSR count). The normalized spacial score (nSPS) is 10.3. The fourth-order valence-electron chi connectivity index (χ4n) is 2.48. The van der Waals surface area contributed by atoms with Crippen molar-refractivity contribution in [1.82, 2.24) is 9.97 Å². The summed E-state index contributed by atoms with van der Waals surface area (Å²) in [5.74, 6) is 0.268. The third-order valence-corrected chi connectivity index (χ3v) is 4.95. The molecule has 0 amide bonds. The number of esters is 1. The van der Waals surface area contributed by atoms with Gasteiger partial charge in [0.25, 0.3) is 0 Å². The van der Waals surface area contributed by atoms with Crippen LogP contribution >= 0.6 is 11.8 Å². The molecule has 0 aliphatic rings. The highest BCUT2D eigenvalue weighted by Gasteiger charge is 2.14. The molecule has 2 N–H and O–H groups in total. The molecule has 7 nitrogen and oxygen atoms in total. The second-order valence-corrected chi connectivity index (χ2v) is 6.99. The summed E-state index contributed by atoms with van der Waals surface area (Å²) in [6.45, 7) is -0.0113. The minimum Gasteiger partial charge on any atom is -0.487 e. The Labute approximate surface area is 176 Å². The van der Waals surface area contributed by atoms with Crippen molar-refractivity contribution in [3.63, 3.8) is 0 Å². The Morgan fingerprint density at radius 1 is 1.17 bits per heavy atom. The molecule has 0 bridgehead atoms. The zero-order valence-electron chi connectivity index (χ0n) is 16.0. The van der Waals surface area contributed by atoms with Crippen molar-refractivity contribution in [2.45, 2.75) is 17.5 Å². The minimum atomic E-state index is -0.400. The fourth-order valence-corrected chi connectivity index (χ4v) is 3.31. The molecule has 2 aromatic carbocycles. The van der Waals surface area contributed by atoms with E-state index in [4.69, 9.17) is 10.5 Å². The van der Waals surface area contributed by atoms with Crippen LogP contribution < -0.4 is 10.5 Å². The Kier molecular flexibility index (Phi) is 6.83. The molecular weight excluding hydrogens is 407 g/mol. The van der Waals surface area contributed by atoms with E-state index < -0.39 is 5.97 Å². The molecule has 0 spiro atoms. The lowest BCUT2D eigenvalue weighted by Crippen LogP contribution is -2.08. The summed E-state index contributed by atoms with van der Waals surface area (Å²) in [5, 5.41) is 9.75. The highest BCUT2D eigenvalue weighted by Crippen LogP contribution is 2.24. The first kappa shape index (κ1) is 21.1. The molecule has 0 saturated heterocycles. The van der Waals surface area contributed by atoms with Gasteiger partial charge in [-0.05, 0) is 42.0 Å². The van der Waals surface area contributed by atoms with Crippen molar-refractivity contribution in [2.24, 2.45) is 0 Å². The summed E-state index contributed by atoms with van der Waals surface area (Å²) in [4.78, 5) is 20.1. The molecule has 0 atom stereocenters. The van der Waals surface area contributed by atoms with Gasteiger partial charge >= 0.3 is 5.97 Å². The van der Waals surface area contributed by atoms with E-state index >= 15 is 0 Å². The Hall–Kier alpha value is -3.64. The van der Waals surface area contributed by atoms with Crippen LogP contribution in [0.15, 0.2) is 53.7 Å². The number of thioether (sulfide) groups is 1. The number of nitrogens with two attached hydrogens (primary N) is 1. The molecule has 0 unspecified atom stereocenters. The van der Waals surface area contributed by atoms with Crippen LogP contribution in [0, 0.1) is 17.1 Å². The van der Waals surface area contributed by atoms with Crippen LogP contribution in [0.2, 0.25) is 0 Å². The highest BCUT2D eigenvalue weighted by atomic mass is 32.2. The number of nitrogen functional groups attached to an aromatic ring is 1. The molecule has 30 heavy (non-hydrogen) atoms. The number of ether oxygens (including phenoxy) is 2. The maximum atomic E-state index is 13.0. The van der Waals surface area contributed by atoms with Crippen molar-refractivity contribution in [3.05, 3.63) is 76.7 Å². The first-order valence-electron chi connectivity index (χ1n) is 8.75. The lowest BCUT2D eigenvalue weighted by molar-refractivity contribution is 0.0600. The number of hydrogen-bond acceptors (Lipinski definition) is 8. The van der Waals surface area contributed by atoms with Gasteiger partial charge in [-0.3, -0.25) is 0 Å². The van der Waals surface area contributed by atoms with Gasteiger partial charge in [-0.15, -0.1) is 0 Å². The summed E-state index contributed by atoms with van der Waals surface area (Å²) in [6, 6.07) is 14.5. The van der Waals surface area contributed by atoms with Crippen LogP contribution in [0.3, 0.4) is 0 Å². The Morgan fingerprint density at radius 2 is 1.87 bits per heavy atom. The van der Waals surface area contributed by atoms with E-state index in [1.165, 1.54) is 43.1 Å². The molecule has 9 heteroatoms. The van der Waals surface area contributed by atoms with E-state index in [9.17, 15) is 14.4 Å². The van der Waals surface area contributed by atoms with Gasteiger partial charge in [0.15, 0.2) is 5.16 Å². The van der Waals surface area contributed by atoms with E-state index in [-0.39, 0.29) is 23.8 Å². The van der Waals surface area contributed by atoms with Crippen molar-refractivity contribution in [2.75, 3.05) is 12.8 Å². The quantitative estimate of drug-likeness (QED) is 0.347. The summed E-state index contributed by atoms with van der Waals surface area (Å²) >= 11 is 1.33. The zero-order valence-corrected chi connectivity index (χ0v) is 16.8. The van der Waals surface area contributed by atoms with E-state index in [1.807, 2.05) is 18.2 Å². The Morgan fingerprint density at radius 3 is 2.50 bits per heavy atom. The van der Waals surface area contributed by atoms with Gasteiger partial charge in [0.2, 0.25) is 0 Å². The van der Waals surface area contributed by atoms with Gasteiger partial charge in [0.1, 0.15) is 41.3 Å². The second kappa shape index (κ2) is 9.71. The first-order chi connectivity index (χ1) is 14.5. The maximum Gasteiger partial charge on any atom is 0.337 e. The van der Waals surface area contributed by atoms with Crippen LogP contribution in [0.5, 0.6) is 5.75 Å². The van der Waals surface area contributed by atoms with Crippen molar-refractivity contribution >= 4 is 23.5 Å². The van der Waals surface area contributed by atoms with Gasteiger partial charge < -0.3 is 15.2 Å². The highest BCUT2D eigenvalue weighted by molar-refractivity contribution is 7.98. The number of anilines is 1. The number of carbonyl (C=O) groups excluding carboxylic acids is 1. The Balaban J connectivity index is 1.71. The van der Waals surface area contributed by atoms with Gasteiger partial charge in [-0.2, -0.15) is 5.26 Å². The van der Waals surface area contributed by atoms with Crippen LogP contribution in [0.4, 0.5) is 10.2 Å². The van der Waals surface area contributed by atoms with Gasteiger partial charge in [0, 0.05) is 5.75 Å². The largest absolute Gasteiger partial charge is 0.487 e. The number of aromatic nitrogens is 2. The molecule has 0 radical (unpaired) electrons. The zero-order chi connectivity index (χ0) is 21.5. The lowest BCUT2D eigenvalue weighted by atomic mass is 10.1. The van der Waals surface area contributed by atoms with E-state index in [2.05, 4.69) is 14.7 Å². The van der Waals surface area contributed by atoms with Crippen molar-refractivity contribution in [3.8, 4) is 11.8 Å². The summed E-state index contributed by atoms with van der Waals surface area (Å²) < 4.78 is 23.3. The predicted molar refractivity (Wildman–Crippen MR) is 109 cm³/mol. The minimum absolute atomic E-state index is 0.0113. The molecule has 152 valence electrons. The number of nitriles is 1. The number of nitrogens with zero attached hydrogens (tertiary/aromatic N) is 3. The molecule has 1 heterocycles. The number of rotatable bonds is 7. The third-order valence-electron chi connectivity index (χ3n) is 4.04. The molecule has 3 aromatic rings. The average Bonchev–Trinajstić information content (AvgIpc) is 2.77. The SMILES string of the molecule is COC(=O)c1ccc(CSc2nc(N)c(C#N)c(COc3ccc(F)cc3)n2)cc1. The smallest absolute Gasteiger partial charge is 0.337 e. The van der Waals surface area contributed by atoms with E-state index in [0.717, 1.165) is 5.56 Å². The van der Waals surface area contributed by atoms with Gasteiger partial charge in [-0.25, -0.2) is 19.2 Å². The topological polar surface area (TPSA) is 111 Å². The number of benzene rings is 2. The van der Waals surface area contributed by atoms with Gasteiger partial charge in [0.05, 0.1) is 12.7 Å². The monoisotopic (exact) mass is 424 g/mol. The lowest BCUT2D eigenvalue weighted by Gasteiger charge is -2.10. The molecule has 0 aliphatic heterocycles. The number of halogens is 1. The Bertz CT molecular complexity index is 1080. The molecular formula is C21H17FN4O3S. The van der Waals surface area contributed by atoms with Crippen LogP contribution in [0.1, 0.15) is 27.2 Å². The molecule has 1 aromatic heterocycles. The van der Waals surface area contributed by atoms with E-state index in [0.29, 0.717) is 27.9 Å². The average molecular weight is 424 g/mol. The number of hydrogen-bond donors (Lipinski definition) is 1. The van der Waals surface area contributed by atoms with E-state index in [1.54, 1.807) is 12.1 Å². The summed E-state index contributed by atoms with van der Waals surface area (Å²) in [5.41, 5.74) is 7.81. The standard InChI is InChI=1S/C21H17FN4O3S/c1-28-20(27)14-4-2-13(3-5-14)12-30-21-25-18(17(10-23)19(24)26-21)11-29-16-8-6-15(22)7-9-16/h2-9H,11-12H2,1H3,(H2,24,25,26). The summed E-state index contributed by atoms with van der Waals surface area (Å²) in [7, 11) is 1.33. The molecule has 0 fully saturated rings. The first-order valence-corrected chi connectivity index (χ1v) is 9.73. The van der Waals surface area contributed by atoms with Gasteiger partial charge in [-0.1, -0.05) is 23.9 Å². The number of carbonyl (C=O) groups is 1. The summed E-state index contributed by atoms with van der Waals surface area (Å²) in [6.07, 6.45) is 0. The second-order valence-electron chi connectivity index (χ2n) is 6.04. The van der Waals surface area contributed by atoms with Crippen molar-refractivity contribution in [1.29, 1.82) is 5.26 Å². The van der Waals surface area contributed by atoms with Crippen LogP contribution in [-0.4, -0.2) is 23.0 Å². The molecule has 0 saturated carbocycles. The van der Waals surface area contributed by atoms with Crippen LogP contribution in [-0.2, 0) is 17.1 Å². The fraction of sp³-hybridized carbons (Fsp3) is 0.143. The number of methoxy groups -OCH3 is 1. The molecule has 0 aliphatic carbocycles. The maximum absolute atomic E-state index is 13.0. The van der Waals surface area contributed by atoms with Crippen LogP contribution in [0.25, 0.3) is 0 Å². The third kappa shape index (κ3) is 5.24.